The molecule has 0 unspecified atom stereocenters. The Labute approximate surface area is 593 Å². The summed E-state index contributed by atoms with van der Waals surface area (Å²) in [6.07, 6.45) is -4.84. The van der Waals surface area contributed by atoms with E-state index in [9.17, 15) is 77.6 Å². The van der Waals surface area contributed by atoms with Gasteiger partial charge in [0, 0.05) is 46.7 Å². The molecular formula is C66H107N15O21. The number of nitrogens with zero attached hydrogens (tertiary/aromatic N) is 2. The zero-order chi connectivity index (χ0) is 77.9. The first kappa shape index (κ1) is 88.7. The van der Waals surface area contributed by atoms with Gasteiger partial charge < -0.3 is 110 Å². The first-order chi connectivity index (χ1) is 47.5. The predicted molar refractivity (Wildman–Crippen MR) is 365 cm³/mol. The number of aliphatic hydroxyl groups is 2. The molecule has 0 aliphatic carbocycles. The molecular weight excluding hydrogens is 1340 g/mol. The molecule has 1 heterocycles. The minimum absolute atomic E-state index is 0.0489. The van der Waals surface area contributed by atoms with Crippen LogP contribution < -0.4 is 70.8 Å². The minimum Gasteiger partial charge on any atom is -0.508 e. The molecule has 102 heavy (non-hydrogen) atoms. The molecule has 0 aromatic heterocycles. The van der Waals surface area contributed by atoms with E-state index >= 15 is 9.59 Å². The van der Waals surface area contributed by atoms with Crippen molar-refractivity contribution < 1.29 is 101 Å². The fraction of sp³-hybridized carbons (Fsp3) is 0.652. The molecule has 0 spiro atoms. The minimum atomic E-state index is -2.15. The van der Waals surface area contributed by atoms with Crippen molar-refractivity contribution in [3.05, 3.63) is 42.0 Å². The van der Waals surface area contributed by atoms with Gasteiger partial charge in [0.05, 0.1) is 38.2 Å². The smallest absolute Gasteiger partial charge is 0.328 e. The van der Waals surface area contributed by atoms with Crippen LogP contribution in [0.15, 0.2) is 36.4 Å². The Kier molecular flexibility index (Phi) is 36.6. The Morgan fingerprint density at radius 3 is 1.80 bits per heavy atom. The van der Waals surface area contributed by atoms with Crippen molar-refractivity contribution in [1.29, 1.82) is 0 Å². The van der Waals surface area contributed by atoms with Gasteiger partial charge in [-0.1, -0.05) is 72.8 Å². The first-order valence-corrected chi connectivity index (χ1v) is 33.4. The maximum absolute atomic E-state index is 15.0. The normalized spacial score (nSPS) is 22.7. The first-order valence-electron chi connectivity index (χ1n) is 33.4. The molecule has 1 fully saturated rings. The van der Waals surface area contributed by atoms with E-state index < -0.39 is 230 Å². The van der Waals surface area contributed by atoms with Gasteiger partial charge in [-0.15, -0.1) is 0 Å². The number of phenols is 1. The topological polar surface area (TPSA) is 563 Å². The number of amides is 14. The van der Waals surface area contributed by atoms with Crippen molar-refractivity contribution in [2.75, 3.05) is 41.5 Å². The molecule has 36 nitrogen and oxygen atoms in total. The number of phenolic OH excluding ortho intramolecular Hbond substituents is 1. The number of allylic oxidation sites excluding steroid dienone is 1. The summed E-state index contributed by atoms with van der Waals surface area (Å²) in [4.78, 5) is 211. The highest BCUT2D eigenvalue weighted by Crippen LogP contribution is 2.27. The summed E-state index contributed by atoms with van der Waals surface area (Å²) < 4.78 is 16.8. The summed E-state index contributed by atoms with van der Waals surface area (Å²) in [5.74, 6) is -19.5. The van der Waals surface area contributed by atoms with Crippen molar-refractivity contribution in [2.45, 2.75) is 206 Å². The van der Waals surface area contributed by atoms with E-state index in [0.29, 0.717) is 5.92 Å². The number of hydrogen-bond acceptors (Lipinski definition) is 22. The lowest BCUT2D eigenvalue weighted by Gasteiger charge is -2.36. The van der Waals surface area contributed by atoms with Crippen LogP contribution >= 0.6 is 0 Å². The quantitative estimate of drug-likeness (QED) is 0.0237. The van der Waals surface area contributed by atoms with Crippen molar-refractivity contribution >= 4 is 88.7 Å². The third kappa shape index (κ3) is 28.2. The number of carbonyl (C=O) groups is 15. The summed E-state index contributed by atoms with van der Waals surface area (Å²) in [7, 11) is 4.65. The van der Waals surface area contributed by atoms with Crippen LogP contribution in [0.3, 0.4) is 0 Å². The number of benzene rings is 1. The van der Waals surface area contributed by atoms with Gasteiger partial charge in [-0.05, 0) is 88.3 Å². The lowest BCUT2D eigenvalue weighted by atomic mass is 9.87. The zero-order valence-electron chi connectivity index (χ0n) is 60.6. The van der Waals surface area contributed by atoms with E-state index in [1.807, 2.05) is 20.8 Å². The number of aromatic hydroxyl groups is 1. The average molecular weight is 1450 g/mol. The van der Waals surface area contributed by atoms with Crippen molar-refractivity contribution in [3.63, 3.8) is 0 Å². The number of cyclic esters (lactones) is 1. The molecule has 1 aromatic carbocycles. The monoisotopic (exact) mass is 1450 g/mol. The molecule has 1 aromatic rings. The number of methoxy groups -OCH3 is 2. The molecule has 2 rings (SSSR count). The SMILES string of the molecule is COC[C@H]1NC(=O)[C@H](NC(=O)[C@@H](NC(=O)[C@@H](NC(=O)[C@@H](NC(=O)[C@@H](CC(N)=O)NC(=O)C[C@H](O)/C=C\[C@@H](C)CC(C)C)[C@@H](C)O)[C@H](C)N)[C@@H](C)[C@@H](C)C(N)=O)[C@@H](C)OC(=O)[C@H](C)N(C)C(=O)[C@@H]([C@H](OC)c2ccc(O)cc2)NC(=O)[C@H](CCC(N)=O)N(C)C(=O)[C@H](CC(C)C)NC(=O)CNC1=O. The van der Waals surface area contributed by atoms with Crippen LogP contribution in [0.1, 0.15) is 126 Å². The van der Waals surface area contributed by atoms with Gasteiger partial charge >= 0.3 is 5.97 Å². The van der Waals surface area contributed by atoms with Gasteiger partial charge in [0.15, 0.2) is 0 Å². The number of hydrogen-bond donors (Lipinski definition) is 16. The molecule has 20 N–H and O–H groups in total. The Balaban J connectivity index is 2.84. The molecule has 0 bridgehead atoms. The maximum Gasteiger partial charge on any atom is 0.328 e. The molecule has 18 atom stereocenters. The Bertz CT molecular complexity index is 3130. The van der Waals surface area contributed by atoms with Crippen LogP contribution in [0.4, 0.5) is 0 Å². The highest BCUT2D eigenvalue weighted by Gasteiger charge is 2.44. The molecule has 1 saturated heterocycles. The fourth-order valence-corrected chi connectivity index (χ4v) is 10.8. The number of likely N-dealkylation sites (N-methyl/N-ethyl adjacent to an activating group) is 2. The Morgan fingerprint density at radius 1 is 0.686 bits per heavy atom. The molecule has 14 amide bonds. The highest BCUT2D eigenvalue weighted by molar-refractivity contribution is 6.00. The van der Waals surface area contributed by atoms with Gasteiger partial charge in [-0.2, -0.15) is 0 Å². The Hall–Kier alpha value is -9.39. The highest BCUT2D eigenvalue weighted by atomic mass is 16.5. The van der Waals surface area contributed by atoms with Crippen LogP contribution in [0.2, 0.25) is 0 Å². The second-order valence-electron chi connectivity index (χ2n) is 26.6. The summed E-state index contributed by atoms with van der Waals surface area (Å²) >= 11 is 0. The van der Waals surface area contributed by atoms with Gasteiger partial charge in [0.1, 0.15) is 78.4 Å². The van der Waals surface area contributed by atoms with Crippen LogP contribution in [0.5, 0.6) is 5.75 Å². The second kappa shape index (κ2) is 42.1. The van der Waals surface area contributed by atoms with Crippen molar-refractivity contribution in [2.24, 2.45) is 52.5 Å². The number of nitrogens with one attached hydrogen (secondary N) is 9. The number of rotatable bonds is 32. The third-order valence-electron chi connectivity index (χ3n) is 16.9. The summed E-state index contributed by atoms with van der Waals surface area (Å²) in [5.41, 5.74) is 23.1. The van der Waals surface area contributed by atoms with E-state index in [1.54, 1.807) is 19.9 Å². The molecule has 1 aliphatic heterocycles. The standard InChI is InChI=1S/C66H107N15O21/c1-30(2)24-32(5)16-19-41(84)26-48(87)72-42(27-47(69)86)58(91)77-52(37(10)82)62(95)76-51(35(8)67)61(94)75-50(33(6)34(7)56(70)89)60(93)78-53-38(11)102-66(99)36(9)80(12)65(98)54(55(101-15)39-17-20-40(83)21-18-39)79-59(92)45(22-23-46(68)85)81(13)64(97)43(25-31(3)4)73-49(88)28-71-57(90)44(29-100-14)74-63(53)96/h16-21,30-38,41-45,50-55,82-84H,22-29,67H2,1-15H3,(H2,68,85)(H2,69,86)(H2,70,89)(H,71,90)(H,72,87)(H,73,88)(H,74,96)(H,75,94)(H,76,95)(H,77,91)(H,78,93)(H,79,92)/b19-16-/t32-,33+,34-,35+,36+,37-,38-,41-,42-,43+,44-,45+,50+,51+,52+,53-,54-,55-/m1/s1. The number of primary amides is 3. The zero-order valence-corrected chi connectivity index (χ0v) is 60.6. The number of aliphatic hydroxyl groups excluding tert-OH is 2. The van der Waals surface area contributed by atoms with Crippen LogP contribution in [0, 0.1) is 29.6 Å². The molecule has 0 saturated carbocycles. The fourth-order valence-electron chi connectivity index (χ4n) is 10.8. The van der Waals surface area contributed by atoms with Crippen LogP contribution in [-0.2, 0) is 86.1 Å². The van der Waals surface area contributed by atoms with Crippen molar-refractivity contribution in [1.82, 2.24) is 57.7 Å². The van der Waals surface area contributed by atoms with E-state index in [2.05, 4.69) is 47.9 Å². The van der Waals surface area contributed by atoms with E-state index in [0.717, 1.165) is 44.2 Å². The third-order valence-corrected chi connectivity index (χ3v) is 16.9. The predicted octanol–water partition coefficient (Wildman–Crippen LogP) is -5.00. The average Bonchev–Trinajstić information content (AvgIpc) is 0.811. The number of ether oxygens (including phenoxy) is 3. The molecule has 572 valence electrons. The van der Waals surface area contributed by atoms with Gasteiger partial charge in [0.25, 0.3) is 0 Å². The van der Waals surface area contributed by atoms with Crippen molar-refractivity contribution in [3.8, 4) is 5.75 Å². The molecule has 1 aliphatic rings. The van der Waals surface area contributed by atoms with Gasteiger partial charge in [0.2, 0.25) is 82.7 Å². The largest absolute Gasteiger partial charge is 0.508 e. The van der Waals surface area contributed by atoms with Crippen LogP contribution in [0.25, 0.3) is 0 Å². The van der Waals surface area contributed by atoms with E-state index in [4.69, 9.17) is 37.1 Å². The maximum atomic E-state index is 15.0. The number of esters is 1. The molecule has 0 radical (unpaired) electrons. The summed E-state index contributed by atoms with van der Waals surface area (Å²) in [6, 6.07) is -14.2. The van der Waals surface area contributed by atoms with E-state index in [-0.39, 0.29) is 29.6 Å². The number of carbonyl (C=O) groups excluding carboxylic acids is 15. The van der Waals surface area contributed by atoms with Gasteiger partial charge in [-0.25, -0.2) is 4.79 Å². The molecule has 36 heteroatoms. The summed E-state index contributed by atoms with van der Waals surface area (Å²) in [6.45, 7) is 15.0. The van der Waals surface area contributed by atoms with E-state index in [1.165, 1.54) is 72.2 Å². The second-order valence-corrected chi connectivity index (χ2v) is 26.6. The lowest BCUT2D eigenvalue weighted by Crippen LogP contribution is -2.66. The number of nitrogens with two attached hydrogens (primary N) is 4. The Morgan fingerprint density at radius 2 is 1.27 bits per heavy atom. The van der Waals surface area contributed by atoms with Gasteiger partial charge in [-0.3, -0.25) is 67.1 Å². The van der Waals surface area contributed by atoms with Crippen LogP contribution in [-0.4, -0.2) is 240 Å². The lowest BCUT2D eigenvalue weighted by molar-refractivity contribution is -0.161. The summed E-state index contributed by atoms with van der Waals surface area (Å²) in [5, 5.41) is 53.0.